The van der Waals surface area contributed by atoms with Crippen molar-refractivity contribution >= 4 is 39.1 Å². The molecular formula is C27H22BrNO6. The maximum Gasteiger partial charge on any atom is 0.300 e. The van der Waals surface area contributed by atoms with Gasteiger partial charge in [0.1, 0.15) is 11.5 Å². The van der Waals surface area contributed by atoms with E-state index in [2.05, 4.69) is 15.9 Å². The molecule has 7 nitrogen and oxygen atoms in total. The number of aryl methyl sites for hydroxylation is 1. The molecule has 0 bridgehead atoms. The number of benzene rings is 3. The number of hydrogen-bond donors (Lipinski definition) is 1. The van der Waals surface area contributed by atoms with Crippen molar-refractivity contribution in [1.29, 1.82) is 0 Å². The summed E-state index contributed by atoms with van der Waals surface area (Å²) in [7, 11) is 0. The SMILES string of the molecule is CCOc1ccc(C2/C(=C(\O)c3ccc(Br)c(C)c3)C(=O)C(=O)N2c2ccc3c(c2)OCO3)cc1. The number of hydrogen-bond acceptors (Lipinski definition) is 6. The number of carbonyl (C=O) groups excluding carboxylic acids is 2. The van der Waals surface area contributed by atoms with Crippen LogP contribution in [0.5, 0.6) is 17.2 Å². The minimum atomic E-state index is -0.852. The first-order valence-corrected chi connectivity index (χ1v) is 11.9. The number of rotatable bonds is 5. The second kappa shape index (κ2) is 9.11. The van der Waals surface area contributed by atoms with Crippen LogP contribution in [-0.2, 0) is 9.59 Å². The van der Waals surface area contributed by atoms with Gasteiger partial charge in [-0.3, -0.25) is 14.5 Å². The van der Waals surface area contributed by atoms with Crippen molar-refractivity contribution in [2.24, 2.45) is 0 Å². The smallest absolute Gasteiger partial charge is 0.300 e. The van der Waals surface area contributed by atoms with Crippen molar-refractivity contribution in [3.05, 3.63) is 87.4 Å². The zero-order valence-electron chi connectivity index (χ0n) is 19.1. The summed E-state index contributed by atoms with van der Waals surface area (Å²) < 4.78 is 17.3. The third kappa shape index (κ3) is 4.04. The van der Waals surface area contributed by atoms with Gasteiger partial charge in [-0.25, -0.2) is 0 Å². The van der Waals surface area contributed by atoms with Crippen LogP contribution in [0.3, 0.4) is 0 Å². The van der Waals surface area contributed by atoms with E-state index in [1.54, 1.807) is 60.7 Å². The Morgan fingerprint density at radius 3 is 2.51 bits per heavy atom. The maximum atomic E-state index is 13.4. The quantitative estimate of drug-likeness (QED) is 0.263. The highest BCUT2D eigenvalue weighted by Crippen LogP contribution is 2.45. The van der Waals surface area contributed by atoms with Crippen molar-refractivity contribution in [1.82, 2.24) is 0 Å². The van der Waals surface area contributed by atoms with Crippen LogP contribution in [0, 0.1) is 6.92 Å². The molecule has 3 aromatic carbocycles. The van der Waals surface area contributed by atoms with Crippen molar-refractivity contribution < 1.29 is 28.9 Å². The number of fused-ring (bicyclic) bond motifs is 1. The molecule has 1 unspecified atom stereocenters. The molecule has 178 valence electrons. The summed E-state index contributed by atoms with van der Waals surface area (Å²) in [6.07, 6.45) is 0. The monoisotopic (exact) mass is 535 g/mol. The zero-order chi connectivity index (χ0) is 24.7. The second-order valence-electron chi connectivity index (χ2n) is 8.17. The first-order chi connectivity index (χ1) is 16.9. The minimum absolute atomic E-state index is 0.0125. The van der Waals surface area contributed by atoms with Crippen LogP contribution in [0.1, 0.15) is 29.7 Å². The molecule has 0 aromatic heterocycles. The molecule has 2 aliphatic rings. The summed E-state index contributed by atoms with van der Waals surface area (Å²) in [6, 6.07) is 16.6. The van der Waals surface area contributed by atoms with E-state index in [9.17, 15) is 14.7 Å². The number of halogens is 1. The van der Waals surface area contributed by atoms with Gasteiger partial charge in [-0.2, -0.15) is 0 Å². The third-order valence-electron chi connectivity index (χ3n) is 6.02. The molecular weight excluding hydrogens is 514 g/mol. The lowest BCUT2D eigenvalue weighted by Crippen LogP contribution is -2.29. The van der Waals surface area contributed by atoms with Crippen LogP contribution >= 0.6 is 15.9 Å². The highest BCUT2D eigenvalue weighted by Gasteiger charge is 2.47. The molecule has 35 heavy (non-hydrogen) atoms. The molecule has 1 fully saturated rings. The molecule has 1 saturated heterocycles. The van der Waals surface area contributed by atoms with E-state index in [1.807, 2.05) is 13.8 Å². The highest BCUT2D eigenvalue weighted by atomic mass is 79.9. The first kappa shape index (κ1) is 23.0. The summed E-state index contributed by atoms with van der Waals surface area (Å²) in [5.74, 6) is -0.0229. The van der Waals surface area contributed by atoms with E-state index >= 15 is 0 Å². The van der Waals surface area contributed by atoms with Gasteiger partial charge in [0.05, 0.1) is 18.2 Å². The van der Waals surface area contributed by atoms with Crippen molar-refractivity contribution in [3.8, 4) is 17.2 Å². The summed E-state index contributed by atoms with van der Waals surface area (Å²) in [5.41, 5.74) is 2.46. The fourth-order valence-electron chi connectivity index (χ4n) is 4.31. The average molecular weight is 536 g/mol. The molecule has 1 atom stereocenters. The number of aliphatic hydroxyl groups is 1. The van der Waals surface area contributed by atoms with Crippen LogP contribution in [0.2, 0.25) is 0 Å². The van der Waals surface area contributed by atoms with Gasteiger partial charge in [-0.15, -0.1) is 0 Å². The van der Waals surface area contributed by atoms with E-state index in [0.717, 1.165) is 10.0 Å². The topological polar surface area (TPSA) is 85.3 Å². The number of amides is 1. The standard InChI is InChI=1S/C27H22BrNO6/c1-3-33-19-8-4-16(5-9-19)24-23(25(30)17-6-10-20(28)15(2)12-17)26(31)27(32)29(24)18-7-11-21-22(13-18)35-14-34-21/h4-13,24,30H,3,14H2,1-2H3/b25-23+. The molecule has 0 spiro atoms. The summed E-state index contributed by atoms with van der Waals surface area (Å²) in [5, 5.41) is 11.3. The average Bonchev–Trinajstić information content (AvgIpc) is 3.43. The summed E-state index contributed by atoms with van der Waals surface area (Å²) in [4.78, 5) is 28.1. The van der Waals surface area contributed by atoms with Crippen LogP contribution < -0.4 is 19.1 Å². The number of carbonyl (C=O) groups is 2. The van der Waals surface area contributed by atoms with Gasteiger partial charge in [0.15, 0.2) is 11.5 Å². The third-order valence-corrected chi connectivity index (χ3v) is 6.91. The molecule has 2 aliphatic heterocycles. The molecule has 3 aromatic rings. The summed E-state index contributed by atoms with van der Waals surface area (Å²) in [6.45, 7) is 4.37. The van der Waals surface area contributed by atoms with Gasteiger partial charge in [-0.1, -0.05) is 34.1 Å². The minimum Gasteiger partial charge on any atom is -0.507 e. The lowest BCUT2D eigenvalue weighted by Gasteiger charge is -2.25. The molecule has 1 N–H and O–H groups in total. The van der Waals surface area contributed by atoms with Crippen molar-refractivity contribution in [2.45, 2.75) is 19.9 Å². The van der Waals surface area contributed by atoms with E-state index in [0.29, 0.717) is 40.7 Å². The van der Waals surface area contributed by atoms with Crippen LogP contribution in [0.25, 0.3) is 5.76 Å². The van der Waals surface area contributed by atoms with E-state index < -0.39 is 17.7 Å². The normalized spacial score (nSPS) is 18.3. The molecule has 0 radical (unpaired) electrons. The molecule has 1 amide bonds. The van der Waals surface area contributed by atoms with Crippen LogP contribution in [0.15, 0.2) is 70.7 Å². The fraction of sp³-hybridized carbons (Fsp3) is 0.185. The van der Waals surface area contributed by atoms with E-state index in [-0.39, 0.29) is 18.1 Å². The van der Waals surface area contributed by atoms with Crippen molar-refractivity contribution in [3.63, 3.8) is 0 Å². The van der Waals surface area contributed by atoms with Crippen LogP contribution in [0.4, 0.5) is 5.69 Å². The Morgan fingerprint density at radius 1 is 1.06 bits per heavy atom. The second-order valence-corrected chi connectivity index (χ2v) is 9.03. The summed E-state index contributed by atoms with van der Waals surface area (Å²) >= 11 is 3.46. The van der Waals surface area contributed by atoms with Gasteiger partial charge in [-0.05, 0) is 61.4 Å². The predicted molar refractivity (Wildman–Crippen MR) is 134 cm³/mol. The lowest BCUT2D eigenvalue weighted by atomic mass is 9.94. The van der Waals surface area contributed by atoms with Gasteiger partial charge >= 0.3 is 0 Å². The molecule has 2 heterocycles. The maximum absolute atomic E-state index is 13.4. The Morgan fingerprint density at radius 2 is 1.80 bits per heavy atom. The number of aliphatic hydroxyl groups excluding tert-OH is 1. The Bertz CT molecular complexity index is 1360. The fourth-order valence-corrected chi connectivity index (χ4v) is 4.56. The molecule has 8 heteroatoms. The Hall–Kier alpha value is -3.78. The van der Waals surface area contributed by atoms with Gasteiger partial charge < -0.3 is 19.3 Å². The van der Waals surface area contributed by atoms with E-state index in [1.165, 1.54) is 4.90 Å². The molecule has 5 rings (SSSR count). The van der Waals surface area contributed by atoms with Gasteiger partial charge in [0.25, 0.3) is 11.7 Å². The molecule has 0 aliphatic carbocycles. The number of nitrogens with zero attached hydrogens (tertiary/aromatic N) is 1. The zero-order valence-corrected chi connectivity index (χ0v) is 20.7. The number of Topliss-reactive ketones (excluding diaryl/α,β-unsaturated/α-hetero) is 1. The van der Waals surface area contributed by atoms with Crippen LogP contribution in [-0.4, -0.2) is 30.2 Å². The number of ether oxygens (including phenoxy) is 3. The number of anilines is 1. The largest absolute Gasteiger partial charge is 0.507 e. The Labute approximate surface area is 210 Å². The molecule has 0 saturated carbocycles. The van der Waals surface area contributed by atoms with Gasteiger partial charge in [0.2, 0.25) is 6.79 Å². The van der Waals surface area contributed by atoms with E-state index in [4.69, 9.17) is 14.2 Å². The Kier molecular flexibility index (Phi) is 5.98. The Balaban J connectivity index is 1.68. The van der Waals surface area contributed by atoms with Crippen molar-refractivity contribution in [2.75, 3.05) is 18.3 Å². The first-order valence-electron chi connectivity index (χ1n) is 11.1. The predicted octanol–water partition coefficient (Wildman–Crippen LogP) is 5.51. The van der Waals surface area contributed by atoms with Gasteiger partial charge in [0, 0.05) is 21.8 Å². The lowest BCUT2D eigenvalue weighted by molar-refractivity contribution is -0.132. The highest BCUT2D eigenvalue weighted by molar-refractivity contribution is 9.10. The number of ketones is 1.